The monoisotopic (exact) mass is 251 g/mol. The van der Waals surface area contributed by atoms with Crippen LogP contribution in [0.3, 0.4) is 0 Å². The van der Waals surface area contributed by atoms with Crippen molar-refractivity contribution in [2.24, 2.45) is 5.92 Å². The number of carboxylic acids is 1. The summed E-state index contributed by atoms with van der Waals surface area (Å²) in [6.07, 6.45) is 1.07. The number of aromatic carboxylic acids is 1. The number of aromatic nitrogens is 1. The Labute approximate surface area is 103 Å². The molecule has 1 heterocycles. The van der Waals surface area contributed by atoms with Crippen LogP contribution in [0.4, 0.5) is 0 Å². The van der Waals surface area contributed by atoms with Crippen LogP contribution in [0.5, 0.6) is 0 Å². The molecule has 0 spiro atoms. The van der Waals surface area contributed by atoms with Crippen molar-refractivity contribution in [1.82, 2.24) is 15.8 Å². The number of carbonyl (C=O) groups excluding carboxylic acids is 2. The van der Waals surface area contributed by atoms with Crippen molar-refractivity contribution in [3.63, 3.8) is 0 Å². The summed E-state index contributed by atoms with van der Waals surface area (Å²) in [7, 11) is 0. The summed E-state index contributed by atoms with van der Waals surface area (Å²) in [5.41, 5.74) is 4.40. The lowest BCUT2D eigenvalue weighted by atomic mass is 10.2. The van der Waals surface area contributed by atoms with Gasteiger partial charge >= 0.3 is 5.97 Å². The zero-order chi connectivity index (χ0) is 13.7. The predicted molar refractivity (Wildman–Crippen MR) is 61.6 cm³/mol. The maximum Gasteiger partial charge on any atom is 0.337 e. The van der Waals surface area contributed by atoms with E-state index in [9.17, 15) is 14.4 Å². The van der Waals surface area contributed by atoms with E-state index in [1.165, 1.54) is 12.1 Å². The third-order valence-corrected chi connectivity index (χ3v) is 2.07. The first-order valence-electron chi connectivity index (χ1n) is 5.21. The number of hydrazine groups is 1. The van der Waals surface area contributed by atoms with Crippen LogP contribution < -0.4 is 10.9 Å². The Hall–Kier alpha value is -2.44. The highest BCUT2D eigenvalue weighted by Gasteiger charge is 2.11. The summed E-state index contributed by atoms with van der Waals surface area (Å²) in [6.45, 7) is 3.36. The highest BCUT2D eigenvalue weighted by Crippen LogP contribution is 2.00. The summed E-state index contributed by atoms with van der Waals surface area (Å²) >= 11 is 0. The van der Waals surface area contributed by atoms with E-state index < -0.39 is 11.9 Å². The second kappa shape index (κ2) is 5.76. The summed E-state index contributed by atoms with van der Waals surface area (Å²) in [4.78, 5) is 37.0. The Kier molecular flexibility index (Phi) is 4.36. The first kappa shape index (κ1) is 13.6. The predicted octanol–water partition coefficient (Wildman–Crippen LogP) is 0.197. The van der Waals surface area contributed by atoms with E-state index in [-0.39, 0.29) is 23.1 Å². The molecule has 0 unspecified atom stereocenters. The fourth-order valence-electron chi connectivity index (χ4n) is 0.981. The third kappa shape index (κ3) is 3.55. The van der Waals surface area contributed by atoms with Crippen LogP contribution in [-0.2, 0) is 4.79 Å². The van der Waals surface area contributed by atoms with Crippen LogP contribution in [0.15, 0.2) is 18.3 Å². The van der Waals surface area contributed by atoms with Gasteiger partial charge in [0.25, 0.3) is 5.91 Å². The van der Waals surface area contributed by atoms with Crippen LogP contribution in [0.25, 0.3) is 0 Å². The second-order valence-electron chi connectivity index (χ2n) is 3.84. The molecule has 7 nitrogen and oxygen atoms in total. The van der Waals surface area contributed by atoms with E-state index in [0.29, 0.717) is 0 Å². The van der Waals surface area contributed by atoms with E-state index in [4.69, 9.17) is 5.11 Å². The molecule has 18 heavy (non-hydrogen) atoms. The molecule has 1 aromatic heterocycles. The fraction of sp³-hybridized carbons (Fsp3) is 0.273. The summed E-state index contributed by atoms with van der Waals surface area (Å²) in [5, 5.41) is 8.65. The average Bonchev–Trinajstić information content (AvgIpc) is 2.35. The number of carboxylic acid groups (broad SMARTS) is 1. The van der Waals surface area contributed by atoms with Crippen LogP contribution >= 0.6 is 0 Å². The molecule has 3 N–H and O–H groups in total. The van der Waals surface area contributed by atoms with E-state index in [2.05, 4.69) is 15.8 Å². The number of rotatable bonds is 3. The first-order valence-corrected chi connectivity index (χ1v) is 5.21. The van der Waals surface area contributed by atoms with Crippen molar-refractivity contribution in [1.29, 1.82) is 0 Å². The van der Waals surface area contributed by atoms with Crippen molar-refractivity contribution in [3.8, 4) is 0 Å². The molecule has 0 aliphatic heterocycles. The van der Waals surface area contributed by atoms with Gasteiger partial charge in [0.05, 0.1) is 5.56 Å². The molecular weight excluding hydrogens is 238 g/mol. The minimum atomic E-state index is -1.12. The Morgan fingerprint density at radius 3 is 2.33 bits per heavy atom. The molecule has 0 aliphatic carbocycles. The number of carbonyl (C=O) groups is 3. The number of hydrogen-bond acceptors (Lipinski definition) is 4. The normalized spacial score (nSPS) is 9.94. The van der Waals surface area contributed by atoms with Crippen molar-refractivity contribution < 1.29 is 19.5 Å². The van der Waals surface area contributed by atoms with Crippen molar-refractivity contribution >= 4 is 17.8 Å². The van der Waals surface area contributed by atoms with Gasteiger partial charge in [0.1, 0.15) is 5.69 Å². The second-order valence-corrected chi connectivity index (χ2v) is 3.84. The molecule has 0 saturated heterocycles. The van der Waals surface area contributed by atoms with Gasteiger partial charge in [-0.2, -0.15) is 0 Å². The molecule has 0 atom stereocenters. The van der Waals surface area contributed by atoms with Crippen LogP contribution in [-0.4, -0.2) is 27.9 Å². The van der Waals surface area contributed by atoms with Gasteiger partial charge in [-0.15, -0.1) is 0 Å². The fourth-order valence-corrected chi connectivity index (χ4v) is 0.981. The van der Waals surface area contributed by atoms with E-state index in [1.807, 2.05) is 0 Å². The first-order chi connectivity index (χ1) is 8.41. The molecule has 2 amide bonds. The molecule has 0 fully saturated rings. The lowest BCUT2D eigenvalue weighted by Crippen LogP contribution is -2.43. The van der Waals surface area contributed by atoms with Gasteiger partial charge in [0.15, 0.2) is 0 Å². The zero-order valence-electron chi connectivity index (χ0n) is 9.93. The highest BCUT2D eigenvalue weighted by atomic mass is 16.4. The SMILES string of the molecule is CC(C)C(=O)NNC(=O)c1ccc(C(=O)O)cn1. The Balaban J connectivity index is 2.62. The quantitative estimate of drug-likeness (QED) is 0.665. The third-order valence-electron chi connectivity index (χ3n) is 2.07. The minimum Gasteiger partial charge on any atom is -0.478 e. The molecule has 1 aromatic rings. The molecule has 7 heteroatoms. The van der Waals surface area contributed by atoms with Gasteiger partial charge in [-0.1, -0.05) is 13.8 Å². The summed E-state index contributed by atoms with van der Waals surface area (Å²) < 4.78 is 0. The van der Waals surface area contributed by atoms with Gasteiger partial charge in [0.2, 0.25) is 5.91 Å². The van der Waals surface area contributed by atoms with E-state index >= 15 is 0 Å². The maximum atomic E-state index is 11.5. The van der Waals surface area contributed by atoms with Crippen molar-refractivity contribution in [2.75, 3.05) is 0 Å². The van der Waals surface area contributed by atoms with Crippen molar-refractivity contribution in [2.45, 2.75) is 13.8 Å². The molecular formula is C11H13N3O4. The molecule has 0 aliphatic rings. The number of nitrogens with zero attached hydrogens (tertiary/aromatic N) is 1. The standard InChI is InChI=1S/C11H13N3O4/c1-6(2)9(15)13-14-10(16)8-4-3-7(5-12-8)11(17)18/h3-6H,1-2H3,(H,13,15)(H,14,16)(H,17,18). The Morgan fingerprint density at radius 2 is 1.89 bits per heavy atom. The molecule has 1 rings (SSSR count). The topological polar surface area (TPSA) is 108 Å². The number of nitrogens with one attached hydrogen (secondary N) is 2. The number of hydrogen-bond donors (Lipinski definition) is 3. The lowest BCUT2D eigenvalue weighted by Gasteiger charge is -2.08. The van der Waals surface area contributed by atoms with Crippen molar-refractivity contribution in [3.05, 3.63) is 29.6 Å². The largest absolute Gasteiger partial charge is 0.478 e. The molecule has 0 aromatic carbocycles. The Bertz CT molecular complexity index is 468. The highest BCUT2D eigenvalue weighted by molar-refractivity contribution is 5.94. The van der Waals surface area contributed by atoms with Crippen LogP contribution in [0.1, 0.15) is 34.7 Å². The number of pyridine rings is 1. The molecule has 0 saturated carbocycles. The minimum absolute atomic E-state index is 0.0160. The van der Waals surface area contributed by atoms with Gasteiger partial charge < -0.3 is 5.11 Å². The van der Waals surface area contributed by atoms with Crippen LogP contribution in [0.2, 0.25) is 0 Å². The van der Waals surface area contributed by atoms with Gasteiger partial charge in [-0.3, -0.25) is 25.4 Å². The summed E-state index contributed by atoms with van der Waals surface area (Å²) in [5.74, 6) is -2.32. The maximum absolute atomic E-state index is 11.5. The van der Waals surface area contributed by atoms with E-state index in [0.717, 1.165) is 6.20 Å². The van der Waals surface area contributed by atoms with Gasteiger partial charge in [0, 0.05) is 12.1 Å². The zero-order valence-corrected chi connectivity index (χ0v) is 9.93. The van der Waals surface area contributed by atoms with Gasteiger partial charge in [-0.05, 0) is 12.1 Å². The molecule has 0 radical (unpaired) electrons. The van der Waals surface area contributed by atoms with E-state index in [1.54, 1.807) is 13.8 Å². The average molecular weight is 251 g/mol. The number of amides is 2. The van der Waals surface area contributed by atoms with Crippen LogP contribution in [0, 0.1) is 5.92 Å². The lowest BCUT2D eigenvalue weighted by molar-refractivity contribution is -0.124. The summed E-state index contributed by atoms with van der Waals surface area (Å²) in [6, 6.07) is 2.52. The Morgan fingerprint density at radius 1 is 1.22 bits per heavy atom. The smallest absolute Gasteiger partial charge is 0.337 e. The molecule has 0 bridgehead atoms. The van der Waals surface area contributed by atoms with Gasteiger partial charge in [-0.25, -0.2) is 4.79 Å². The molecule has 96 valence electrons.